The van der Waals surface area contributed by atoms with Gasteiger partial charge in [-0.3, -0.25) is 0 Å². The average Bonchev–Trinajstić information content (AvgIpc) is 2.61. The molecule has 0 aliphatic carbocycles. The average molecular weight is 361 g/mol. The second-order valence-electron chi connectivity index (χ2n) is 7.66. The molecule has 3 rings (SSSR count). The summed E-state index contributed by atoms with van der Waals surface area (Å²) in [5, 5.41) is 4.54. The third kappa shape index (κ3) is 2.91. The van der Waals surface area contributed by atoms with E-state index in [1.165, 1.54) is 49.3 Å². The van der Waals surface area contributed by atoms with Crippen molar-refractivity contribution in [1.82, 2.24) is 0 Å². The van der Waals surface area contributed by atoms with E-state index in [9.17, 15) is 0 Å². The number of hydrogen-bond donors (Lipinski definition) is 0. The molecule has 3 aromatic rings. The zero-order valence-electron chi connectivity index (χ0n) is 17.1. The molecule has 0 unspecified atom stereocenters. The molecule has 0 radical (unpaired) electrons. The summed E-state index contributed by atoms with van der Waals surface area (Å²) < 4.78 is 0. The molecule has 0 bridgehead atoms. The van der Waals surface area contributed by atoms with Crippen LogP contribution in [0.5, 0.6) is 0 Å². The maximum Gasteiger partial charge on any atom is 0.110 e. The largest absolute Gasteiger partial charge is 0.110 e. The lowest BCUT2D eigenvalue weighted by Crippen LogP contribution is -2.35. The Kier molecular flexibility index (Phi) is 5.09. The smallest absolute Gasteiger partial charge is 0.0588 e. The quantitative estimate of drug-likeness (QED) is 0.543. The van der Waals surface area contributed by atoms with Gasteiger partial charge in [-0.2, -0.15) is 0 Å². The van der Waals surface area contributed by atoms with Gasteiger partial charge in [-0.15, -0.1) is 0 Å². The van der Waals surface area contributed by atoms with Crippen molar-refractivity contribution in [1.29, 1.82) is 0 Å². The van der Waals surface area contributed by atoms with E-state index in [1.54, 1.807) is 0 Å². The van der Waals surface area contributed by atoms with Crippen LogP contribution in [0.15, 0.2) is 54.6 Å². The Labute approximate surface area is 159 Å². The Bertz CT molecular complexity index is 841. The van der Waals surface area contributed by atoms with Gasteiger partial charge < -0.3 is 0 Å². The topological polar surface area (TPSA) is 0 Å². The lowest BCUT2D eigenvalue weighted by molar-refractivity contribution is 1.35. The molecule has 0 fully saturated rings. The molecular formula is C25H30P+. The predicted octanol–water partition coefficient (Wildman–Crippen LogP) is 5.46. The summed E-state index contributed by atoms with van der Waals surface area (Å²) >= 11 is 0. The fourth-order valence-corrected chi connectivity index (χ4v) is 8.52. The summed E-state index contributed by atoms with van der Waals surface area (Å²) in [6.45, 7) is 16.1. The number of hydrogen-bond acceptors (Lipinski definition) is 0. The van der Waals surface area contributed by atoms with Crippen LogP contribution in [0, 0.1) is 41.5 Å². The molecule has 0 spiro atoms. The first-order valence-electron chi connectivity index (χ1n) is 9.35. The highest BCUT2D eigenvalue weighted by molar-refractivity contribution is 7.95. The molecule has 0 aliphatic heterocycles. The van der Waals surface area contributed by atoms with Crippen molar-refractivity contribution in [2.24, 2.45) is 0 Å². The van der Waals surface area contributed by atoms with Crippen molar-refractivity contribution in [3.63, 3.8) is 0 Å². The van der Waals surface area contributed by atoms with Crippen LogP contribution in [0.4, 0.5) is 0 Å². The van der Waals surface area contributed by atoms with Crippen LogP contribution in [0.1, 0.15) is 33.4 Å². The lowest BCUT2D eigenvalue weighted by Gasteiger charge is -2.28. The van der Waals surface area contributed by atoms with Crippen LogP contribution >= 0.6 is 7.26 Å². The highest BCUT2D eigenvalue weighted by Gasteiger charge is 2.44. The molecule has 0 N–H and O–H groups in total. The first-order valence-corrected chi connectivity index (χ1v) is 11.6. The summed E-state index contributed by atoms with van der Waals surface area (Å²) in [6, 6.07) is 20.5. The maximum absolute atomic E-state index is 2.51. The summed E-state index contributed by atoms with van der Waals surface area (Å²) in [5.74, 6) is 0. The van der Waals surface area contributed by atoms with E-state index in [1.807, 2.05) is 0 Å². The molecule has 0 saturated carbocycles. The van der Waals surface area contributed by atoms with Gasteiger partial charge in [-0.25, -0.2) is 0 Å². The molecule has 3 aromatic carbocycles. The van der Waals surface area contributed by atoms with Gasteiger partial charge in [0.2, 0.25) is 0 Å². The van der Waals surface area contributed by atoms with Crippen molar-refractivity contribution in [3.05, 3.63) is 88.0 Å². The molecule has 0 aromatic heterocycles. The van der Waals surface area contributed by atoms with Crippen LogP contribution in [0.3, 0.4) is 0 Å². The minimum atomic E-state index is -1.72. The van der Waals surface area contributed by atoms with Gasteiger partial charge in [-0.05, 0) is 93.1 Å². The SMILES string of the molecule is Cc1cccc([P+](C)(c2cccc(C)c2C)c2cccc(C)c2C)c1C. The summed E-state index contributed by atoms with van der Waals surface area (Å²) in [4.78, 5) is 0. The Morgan fingerprint density at radius 1 is 0.462 bits per heavy atom. The van der Waals surface area contributed by atoms with Crippen molar-refractivity contribution in [2.75, 3.05) is 6.66 Å². The van der Waals surface area contributed by atoms with Crippen LogP contribution in [-0.2, 0) is 0 Å². The molecule has 0 saturated heterocycles. The van der Waals surface area contributed by atoms with Crippen LogP contribution in [-0.4, -0.2) is 6.66 Å². The van der Waals surface area contributed by atoms with Crippen molar-refractivity contribution in [2.45, 2.75) is 41.5 Å². The highest BCUT2D eigenvalue weighted by Crippen LogP contribution is 2.54. The predicted molar refractivity (Wildman–Crippen MR) is 119 cm³/mol. The molecule has 0 heterocycles. The Balaban J connectivity index is 2.46. The molecule has 0 atom stereocenters. The molecule has 0 nitrogen and oxygen atoms in total. The van der Waals surface area contributed by atoms with Crippen molar-refractivity contribution >= 4 is 23.2 Å². The van der Waals surface area contributed by atoms with E-state index in [-0.39, 0.29) is 0 Å². The van der Waals surface area contributed by atoms with Crippen LogP contribution < -0.4 is 15.9 Å². The summed E-state index contributed by atoms with van der Waals surface area (Å²) in [6.07, 6.45) is 0. The van der Waals surface area contributed by atoms with Gasteiger partial charge in [0.05, 0.1) is 6.66 Å². The van der Waals surface area contributed by atoms with Gasteiger partial charge in [0.25, 0.3) is 0 Å². The van der Waals surface area contributed by atoms with E-state index < -0.39 is 7.26 Å². The van der Waals surface area contributed by atoms with Crippen LogP contribution in [0.25, 0.3) is 0 Å². The molecule has 26 heavy (non-hydrogen) atoms. The van der Waals surface area contributed by atoms with Crippen molar-refractivity contribution in [3.8, 4) is 0 Å². The number of benzene rings is 3. The monoisotopic (exact) mass is 361 g/mol. The highest BCUT2D eigenvalue weighted by atomic mass is 31.2. The first kappa shape index (κ1) is 18.9. The Morgan fingerprint density at radius 3 is 1.00 bits per heavy atom. The number of rotatable bonds is 3. The minimum Gasteiger partial charge on any atom is -0.0588 e. The fourth-order valence-electron chi connectivity index (χ4n) is 4.05. The van der Waals surface area contributed by atoms with E-state index in [4.69, 9.17) is 0 Å². The Morgan fingerprint density at radius 2 is 0.731 bits per heavy atom. The fraction of sp³-hybridized carbons (Fsp3) is 0.280. The van der Waals surface area contributed by atoms with Gasteiger partial charge in [-0.1, -0.05) is 36.4 Å². The third-order valence-electron chi connectivity index (χ3n) is 6.17. The summed E-state index contributed by atoms with van der Waals surface area (Å²) in [7, 11) is -1.72. The molecule has 0 aliphatic rings. The minimum absolute atomic E-state index is 1.38. The first-order chi connectivity index (χ1) is 12.3. The molecule has 134 valence electrons. The second-order valence-corrected chi connectivity index (χ2v) is 11.1. The maximum atomic E-state index is 2.51. The lowest BCUT2D eigenvalue weighted by atomic mass is 10.1. The molecule has 0 amide bonds. The zero-order chi connectivity index (χ0) is 19.1. The Hall–Kier alpha value is -1.91. The normalized spacial score (nSPS) is 11.7. The van der Waals surface area contributed by atoms with E-state index in [0.717, 1.165) is 0 Å². The zero-order valence-corrected chi connectivity index (χ0v) is 18.0. The van der Waals surface area contributed by atoms with Gasteiger partial charge in [0.1, 0.15) is 23.2 Å². The summed E-state index contributed by atoms with van der Waals surface area (Å²) in [5.41, 5.74) is 8.44. The van der Waals surface area contributed by atoms with Gasteiger partial charge in [0.15, 0.2) is 0 Å². The third-order valence-corrected chi connectivity index (χ3v) is 10.5. The van der Waals surface area contributed by atoms with E-state index in [0.29, 0.717) is 0 Å². The number of aryl methyl sites for hydroxylation is 3. The van der Waals surface area contributed by atoms with Gasteiger partial charge in [0, 0.05) is 0 Å². The van der Waals surface area contributed by atoms with Crippen LogP contribution in [0.2, 0.25) is 0 Å². The molecular weight excluding hydrogens is 331 g/mol. The second kappa shape index (κ2) is 7.01. The molecule has 1 heteroatoms. The van der Waals surface area contributed by atoms with Crippen molar-refractivity contribution < 1.29 is 0 Å². The van der Waals surface area contributed by atoms with E-state index in [2.05, 4.69) is 103 Å². The van der Waals surface area contributed by atoms with E-state index >= 15 is 0 Å². The van der Waals surface area contributed by atoms with Gasteiger partial charge >= 0.3 is 0 Å². The standard InChI is InChI=1S/C25H30P/c1-17-11-8-14-23(20(17)4)26(7,24-15-9-12-18(2)21(24)5)25-16-10-13-19(3)22(25)6/h8-16H,1-7H3/q+1.